The van der Waals surface area contributed by atoms with Gasteiger partial charge in [-0.2, -0.15) is 0 Å². The van der Waals surface area contributed by atoms with E-state index in [9.17, 15) is 9.90 Å². The van der Waals surface area contributed by atoms with E-state index in [1.807, 2.05) is 0 Å². The zero-order valence-electron chi connectivity index (χ0n) is 11.9. The summed E-state index contributed by atoms with van der Waals surface area (Å²) in [5, 5.41) is 18.6. The monoisotopic (exact) mass is 286 g/mol. The number of carbonyl (C=O) groups is 1. The number of aliphatic hydroxyl groups is 2. The third kappa shape index (κ3) is 3.84. The molecule has 1 aliphatic heterocycles. The fourth-order valence-electron chi connectivity index (χ4n) is 3.26. The number of nitrogens with two attached hydrogens (primary N) is 1. The van der Waals surface area contributed by atoms with E-state index in [0.717, 1.165) is 38.5 Å². The van der Waals surface area contributed by atoms with E-state index in [-0.39, 0.29) is 30.9 Å². The van der Waals surface area contributed by atoms with Gasteiger partial charge in [-0.25, -0.2) is 4.79 Å². The van der Waals surface area contributed by atoms with E-state index < -0.39 is 0 Å². The van der Waals surface area contributed by atoms with Crippen molar-refractivity contribution in [3.05, 3.63) is 0 Å². The summed E-state index contributed by atoms with van der Waals surface area (Å²) >= 11 is 0. The first-order valence-corrected chi connectivity index (χ1v) is 7.62. The fraction of sp³-hybridized carbons (Fsp3) is 0.929. The van der Waals surface area contributed by atoms with Crippen LogP contribution in [-0.4, -0.2) is 59.2 Å². The molecular formula is C14H26N2O4. The molecule has 1 heterocycles. The van der Waals surface area contributed by atoms with Crippen LogP contribution in [0.1, 0.15) is 38.5 Å². The maximum Gasteiger partial charge on any atom is 0.410 e. The molecule has 2 rings (SSSR count). The number of ether oxygens (including phenoxy) is 1. The predicted octanol–water partition coefficient (Wildman–Crippen LogP) is 0.458. The van der Waals surface area contributed by atoms with Crippen LogP contribution in [0.25, 0.3) is 0 Å². The van der Waals surface area contributed by atoms with Gasteiger partial charge < -0.3 is 25.6 Å². The van der Waals surface area contributed by atoms with Crippen molar-refractivity contribution in [2.45, 2.75) is 56.8 Å². The normalized spacial score (nSPS) is 34.4. The molecule has 6 nitrogen and oxygen atoms in total. The highest BCUT2D eigenvalue weighted by Gasteiger charge is 2.32. The van der Waals surface area contributed by atoms with Gasteiger partial charge in [0, 0.05) is 12.6 Å². The highest BCUT2D eigenvalue weighted by atomic mass is 16.6. The van der Waals surface area contributed by atoms with Gasteiger partial charge in [0.15, 0.2) is 0 Å². The number of hydrogen-bond acceptors (Lipinski definition) is 5. The van der Waals surface area contributed by atoms with Crippen molar-refractivity contribution >= 4 is 6.09 Å². The number of amides is 1. The summed E-state index contributed by atoms with van der Waals surface area (Å²) in [6, 6.07) is -0.110. The molecule has 3 unspecified atom stereocenters. The SMILES string of the molecule is NC1C(O)CCCC1CCC[C@@H]1CN(CCO)C(=O)O1. The van der Waals surface area contributed by atoms with Crippen LogP contribution in [-0.2, 0) is 4.74 Å². The standard InChI is InChI=1S/C14H26N2O4/c15-13-10(4-2-6-12(13)18)3-1-5-11-9-16(7-8-17)14(19)20-11/h10-13,17-18H,1-9,15H2/t10?,11-,12?,13?/m1/s1. The topological polar surface area (TPSA) is 96.0 Å². The van der Waals surface area contributed by atoms with Gasteiger partial charge in [0.2, 0.25) is 0 Å². The van der Waals surface area contributed by atoms with Crippen molar-refractivity contribution in [1.29, 1.82) is 0 Å². The minimum atomic E-state index is -0.363. The van der Waals surface area contributed by atoms with E-state index >= 15 is 0 Å². The average Bonchev–Trinajstić information content (AvgIpc) is 2.76. The molecule has 20 heavy (non-hydrogen) atoms. The Bertz CT molecular complexity index is 326. The average molecular weight is 286 g/mol. The molecule has 116 valence electrons. The van der Waals surface area contributed by atoms with Crippen molar-refractivity contribution in [3.8, 4) is 0 Å². The Kier molecular flexibility index (Phi) is 5.63. The molecule has 4 atom stereocenters. The first-order valence-electron chi connectivity index (χ1n) is 7.62. The molecule has 6 heteroatoms. The number of β-amino-alcohol motifs (C(OH)–C–C–N with tert-alkyl or cyclic N) is 1. The van der Waals surface area contributed by atoms with Gasteiger partial charge in [-0.15, -0.1) is 0 Å². The number of aliphatic hydroxyl groups excluding tert-OH is 2. The Balaban J connectivity index is 1.67. The highest BCUT2D eigenvalue weighted by Crippen LogP contribution is 2.28. The molecule has 2 fully saturated rings. The zero-order valence-corrected chi connectivity index (χ0v) is 11.9. The Morgan fingerprint density at radius 1 is 1.35 bits per heavy atom. The molecule has 0 aromatic rings. The predicted molar refractivity (Wildman–Crippen MR) is 74.1 cm³/mol. The number of nitrogens with zero attached hydrogens (tertiary/aromatic N) is 1. The molecule has 0 spiro atoms. The van der Waals surface area contributed by atoms with Crippen LogP contribution in [0.3, 0.4) is 0 Å². The molecule has 0 aromatic heterocycles. The second-order valence-corrected chi connectivity index (χ2v) is 5.94. The van der Waals surface area contributed by atoms with Crippen LogP contribution < -0.4 is 5.73 Å². The lowest BCUT2D eigenvalue weighted by molar-refractivity contribution is 0.0707. The second kappa shape index (κ2) is 7.24. The largest absolute Gasteiger partial charge is 0.444 e. The third-order valence-electron chi connectivity index (χ3n) is 4.48. The van der Waals surface area contributed by atoms with Gasteiger partial charge in [0.1, 0.15) is 6.10 Å². The van der Waals surface area contributed by atoms with Crippen molar-refractivity contribution in [2.75, 3.05) is 19.7 Å². The number of hydrogen-bond donors (Lipinski definition) is 3. The molecular weight excluding hydrogens is 260 g/mol. The summed E-state index contributed by atoms with van der Waals surface area (Å²) in [5.41, 5.74) is 6.03. The van der Waals surface area contributed by atoms with Gasteiger partial charge in [0.05, 0.1) is 19.3 Å². The van der Waals surface area contributed by atoms with Crippen LogP contribution in [0.2, 0.25) is 0 Å². The quantitative estimate of drug-likeness (QED) is 0.659. The van der Waals surface area contributed by atoms with Crippen LogP contribution in [0.4, 0.5) is 4.79 Å². The van der Waals surface area contributed by atoms with Crippen LogP contribution in [0, 0.1) is 5.92 Å². The maximum absolute atomic E-state index is 11.5. The van der Waals surface area contributed by atoms with Gasteiger partial charge in [-0.05, 0) is 38.0 Å². The highest BCUT2D eigenvalue weighted by molar-refractivity contribution is 5.69. The van der Waals surface area contributed by atoms with E-state index in [4.69, 9.17) is 15.6 Å². The maximum atomic E-state index is 11.5. The fourth-order valence-corrected chi connectivity index (χ4v) is 3.26. The summed E-state index contributed by atoms with van der Waals surface area (Å²) in [5.74, 6) is 0.379. The summed E-state index contributed by atoms with van der Waals surface area (Å²) in [6.45, 7) is 0.879. The smallest absolute Gasteiger partial charge is 0.410 e. The molecule has 1 saturated carbocycles. The summed E-state index contributed by atoms with van der Waals surface area (Å²) < 4.78 is 5.26. The van der Waals surface area contributed by atoms with Crippen molar-refractivity contribution in [3.63, 3.8) is 0 Å². The number of cyclic esters (lactones) is 1. The summed E-state index contributed by atoms with van der Waals surface area (Å²) in [7, 11) is 0. The molecule has 0 aromatic carbocycles. The molecule has 0 bridgehead atoms. The van der Waals surface area contributed by atoms with Gasteiger partial charge in [0.25, 0.3) is 0 Å². The van der Waals surface area contributed by atoms with Gasteiger partial charge in [-0.3, -0.25) is 0 Å². The van der Waals surface area contributed by atoms with Crippen molar-refractivity contribution in [2.24, 2.45) is 11.7 Å². The van der Waals surface area contributed by atoms with E-state index in [1.54, 1.807) is 4.90 Å². The van der Waals surface area contributed by atoms with Crippen LogP contribution >= 0.6 is 0 Å². The second-order valence-electron chi connectivity index (χ2n) is 5.94. The van der Waals surface area contributed by atoms with Crippen LogP contribution in [0.15, 0.2) is 0 Å². The lowest BCUT2D eigenvalue weighted by atomic mass is 9.80. The molecule has 1 aliphatic carbocycles. The van der Waals surface area contributed by atoms with Crippen LogP contribution in [0.5, 0.6) is 0 Å². The Morgan fingerprint density at radius 2 is 2.15 bits per heavy atom. The first kappa shape index (κ1) is 15.5. The first-order chi connectivity index (χ1) is 9.61. The molecule has 4 N–H and O–H groups in total. The van der Waals surface area contributed by atoms with E-state index in [1.165, 1.54) is 0 Å². The van der Waals surface area contributed by atoms with E-state index in [2.05, 4.69) is 0 Å². The summed E-state index contributed by atoms with van der Waals surface area (Å²) in [4.78, 5) is 13.0. The lowest BCUT2D eigenvalue weighted by Crippen LogP contribution is -2.44. The molecule has 2 aliphatic rings. The van der Waals surface area contributed by atoms with Gasteiger partial charge in [-0.1, -0.05) is 6.42 Å². The molecule has 1 amide bonds. The number of rotatable bonds is 6. The Hall–Kier alpha value is -0.850. The minimum absolute atomic E-state index is 0.0311. The Morgan fingerprint density at radius 3 is 2.90 bits per heavy atom. The third-order valence-corrected chi connectivity index (χ3v) is 4.48. The molecule has 1 saturated heterocycles. The number of carbonyl (C=O) groups excluding carboxylic acids is 1. The lowest BCUT2D eigenvalue weighted by Gasteiger charge is -2.33. The molecule has 0 radical (unpaired) electrons. The van der Waals surface area contributed by atoms with Crippen molar-refractivity contribution < 1.29 is 19.7 Å². The minimum Gasteiger partial charge on any atom is -0.444 e. The van der Waals surface area contributed by atoms with E-state index in [0.29, 0.717) is 19.0 Å². The summed E-state index contributed by atoms with van der Waals surface area (Å²) in [6.07, 6.45) is 4.94. The zero-order chi connectivity index (χ0) is 14.5. The Labute approximate surface area is 119 Å². The van der Waals surface area contributed by atoms with Gasteiger partial charge >= 0.3 is 6.09 Å². The van der Waals surface area contributed by atoms with Crippen molar-refractivity contribution in [1.82, 2.24) is 4.90 Å².